The Morgan fingerprint density at radius 1 is 1.07 bits per heavy atom. The van der Waals surface area contributed by atoms with Crippen molar-refractivity contribution in [2.75, 3.05) is 18.4 Å². The van der Waals surface area contributed by atoms with Crippen LogP contribution in [0.25, 0.3) is 0 Å². The van der Waals surface area contributed by atoms with E-state index in [9.17, 15) is 14.0 Å². The van der Waals surface area contributed by atoms with Crippen molar-refractivity contribution < 1.29 is 14.0 Å². The van der Waals surface area contributed by atoms with E-state index in [0.29, 0.717) is 30.9 Å². The van der Waals surface area contributed by atoms with Gasteiger partial charge in [-0.3, -0.25) is 9.59 Å². The number of amides is 2. The summed E-state index contributed by atoms with van der Waals surface area (Å²) in [5.74, 6) is -0.937. The number of likely N-dealkylation sites (tertiary alicyclic amines) is 1. The average Bonchev–Trinajstić information content (AvgIpc) is 3.26. The highest BCUT2D eigenvalue weighted by Crippen LogP contribution is 2.31. The number of benzene rings is 2. The molecule has 8 heteroatoms. The van der Waals surface area contributed by atoms with Crippen LogP contribution in [-0.4, -0.2) is 40.0 Å². The molecule has 1 aromatic heterocycles. The fraction of sp³-hybridized carbons (Fsp3) is 0.273. The highest BCUT2D eigenvalue weighted by Gasteiger charge is 2.28. The molecule has 154 valence electrons. The van der Waals surface area contributed by atoms with E-state index >= 15 is 0 Å². The van der Waals surface area contributed by atoms with Crippen LogP contribution in [0.1, 0.15) is 49.5 Å². The van der Waals surface area contributed by atoms with Crippen LogP contribution >= 0.6 is 11.3 Å². The van der Waals surface area contributed by atoms with Gasteiger partial charge >= 0.3 is 0 Å². The predicted octanol–water partition coefficient (Wildman–Crippen LogP) is 4.26. The van der Waals surface area contributed by atoms with Crippen LogP contribution in [0.4, 0.5) is 10.1 Å². The second kappa shape index (κ2) is 8.71. The molecule has 30 heavy (non-hydrogen) atoms. The maximum absolute atomic E-state index is 13.9. The number of aromatic nitrogens is 2. The minimum atomic E-state index is -0.502. The van der Waals surface area contributed by atoms with Gasteiger partial charge in [0.25, 0.3) is 11.8 Å². The van der Waals surface area contributed by atoms with Gasteiger partial charge < -0.3 is 10.2 Å². The van der Waals surface area contributed by atoms with Crippen LogP contribution in [0.3, 0.4) is 0 Å². The highest BCUT2D eigenvalue weighted by atomic mass is 32.1. The van der Waals surface area contributed by atoms with Crippen molar-refractivity contribution in [2.45, 2.75) is 25.7 Å². The second-order valence-electron chi connectivity index (χ2n) is 7.26. The first kappa shape index (κ1) is 20.2. The first-order valence-electron chi connectivity index (χ1n) is 9.77. The summed E-state index contributed by atoms with van der Waals surface area (Å²) in [6, 6.07) is 13.6. The zero-order chi connectivity index (χ0) is 21.1. The largest absolute Gasteiger partial charge is 0.339 e. The standard InChI is InChI=1S/C22H21FN4O2S/c1-14-6-2-5-9-18(14)24-19(28)21-26-25-20(30-21)15-10-12-27(13-11-15)22(29)16-7-3-4-8-17(16)23/h2-9,15H,10-13H2,1H3,(H,24,28). The van der Waals surface area contributed by atoms with Crippen LogP contribution in [0.15, 0.2) is 48.5 Å². The fourth-order valence-corrected chi connectivity index (χ4v) is 4.42. The topological polar surface area (TPSA) is 75.2 Å². The molecule has 0 atom stereocenters. The molecule has 0 radical (unpaired) electrons. The molecule has 1 saturated heterocycles. The van der Waals surface area contributed by atoms with Crippen molar-refractivity contribution in [3.05, 3.63) is 75.5 Å². The summed E-state index contributed by atoms with van der Waals surface area (Å²) < 4.78 is 13.9. The molecule has 0 aliphatic carbocycles. The number of rotatable bonds is 4. The first-order valence-corrected chi connectivity index (χ1v) is 10.6. The normalized spacial score (nSPS) is 14.5. The Morgan fingerprint density at radius 2 is 1.77 bits per heavy atom. The van der Waals surface area contributed by atoms with E-state index in [2.05, 4.69) is 15.5 Å². The van der Waals surface area contributed by atoms with Crippen molar-refractivity contribution in [3.8, 4) is 0 Å². The van der Waals surface area contributed by atoms with E-state index in [-0.39, 0.29) is 23.3 Å². The quantitative estimate of drug-likeness (QED) is 0.679. The predicted molar refractivity (Wildman–Crippen MR) is 113 cm³/mol. The van der Waals surface area contributed by atoms with Crippen LogP contribution in [-0.2, 0) is 0 Å². The minimum absolute atomic E-state index is 0.0991. The molecule has 2 heterocycles. The zero-order valence-corrected chi connectivity index (χ0v) is 17.3. The lowest BCUT2D eigenvalue weighted by Gasteiger charge is -2.31. The Morgan fingerprint density at radius 3 is 2.50 bits per heavy atom. The van der Waals surface area contributed by atoms with E-state index < -0.39 is 5.82 Å². The summed E-state index contributed by atoms with van der Waals surface area (Å²) in [6.45, 7) is 2.96. The zero-order valence-electron chi connectivity index (χ0n) is 16.5. The van der Waals surface area contributed by atoms with Crippen LogP contribution in [0, 0.1) is 12.7 Å². The first-order chi connectivity index (χ1) is 14.5. The van der Waals surface area contributed by atoms with Gasteiger partial charge in [0.1, 0.15) is 10.8 Å². The lowest BCUT2D eigenvalue weighted by molar-refractivity contribution is 0.0708. The van der Waals surface area contributed by atoms with Crippen molar-refractivity contribution >= 4 is 28.8 Å². The number of para-hydroxylation sites is 1. The number of anilines is 1. The van der Waals surface area contributed by atoms with E-state index in [4.69, 9.17) is 0 Å². The van der Waals surface area contributed by atoms with Gasteiger partial charge in [-0.1, -0.05) is 41.7 Å². The summed E-state index contributed by atoms with van der Waals surface area (Å²) in [6.07, 6.45) is 1.41. The molecule has 6 nitrogen and oxygen atoms in total. The van der Waals surface area contributed by atoms with Gasteiger partial charge in [-0.2, -0.15) is 0 Å². The van der Waals surface area contributed by atoms with Crippen molar-refractivity contribution in [1.82, 2.24) is 15.1 Å². The van der Waals surface area contributed by atoms with Gasteiger partial charge in [-0.25, -0.2) is 4.39 Å². The molecule has 1 N–H and O–H groups in total. The Kier molecular flexibility index (Phi) is 5.85. The third-order valence-electron chi connectivity index (χ3n) is 5.26. The van der Waals surface area contributed by atoms with Gasteiger partial charge in [0.2, 0.25) is 5.01 Å². The molecule has 0 bridgehead atoms. The summed E-state index contributed by atoms with van der Waals surface area (Å²) in [5, 5.41) is 12.2. The van der Waals surface area contributed by atoms with Gasteiger partial charge in [0.15, 0.2) is 0 Å². The van der Waals surface area contributed by atoms with Crippen LogP contribution in [0.5, 0.6) is 0 Å². The average molecular weight is 425 g/mol. The molecule has 0 unspecified atom stereocenters. The smallest absolute Gasteiger partial charge is 0.286 e. The number of hydrogen-bond acceptors (Lipinski definition) is 5. The summed E-state index contributed by atoms with van der Waals surface area (Å²) >= 11 is 1.28. The minimum Gasteiger partial charge on any atom is -0.339 e. The molecular weight excluding hydrogens is 403 g/mol. The number of carbonyl (C=O) groups is 2. The molecule has 1 aliphatic heterocycles. The van der Waals surface area contributed by atoms with E-state index in [0.717, 1.165) is 16.3 Å². The lowest BCUT2D eigenvalue weighted by Crippen LogP contribution is -2.38. The number of halogens is 1. The van der Waals surface area contributed by atoms with E-state index in [1.165, 1.54) is 23.5 Å². The third kappa shape index (κ3) is 4.23. The molecule has 0 spiro atoms. The van der Waals surface area contributed by atoms with Crippen molar-refractivity contribution in [2.24, 2.45) is 0 Å². The summed E-state index contributed by atoms with van der Waals surface area (Å²) in [4.78, 5) is 26.7. The maximum Gasteiger partial charge on any atom is 0.286 e. The Bertz CT molecular complexity index is 1080. The highest BCUT2D eigenvalue weighted by molar-refractivity contribution is 7.13. The van der Waals surface area contributed by atoms with Crippen LogP contribution in [0.2, 0.25) is 0 Å². The van der Waals surface area contributed by atoms with Gasteiger partial charge in [0, 0.05) is 24.7 Å². The second-order valence-corrected chi connectivity index (χ2v) is 8.27. The summed E-state index contributed by atoms with van der Waals surface area (Å²) in [7, 11) is 0. The number of aryl methyl sites for hydroxylation is 1. The Hall–Kier alpha value is -3.13. The lowest BCUT2D eigenvalue weighted by atomic mass is 9.97. The van der Waals surface area contributed by atoms with Gasteiger partial charge in [-0.15, -0.1) is 10.2 Å². The number of carbonyl (C=O) groups excluding carboxylic acids is 2. The molecule has 4 rings (SSSR count). The third-order valence-corrected chi connectivity index (χ3v) is 6.35. The molecule has 1 aliphatic rings. The maximum atomic E-state index is 13.9. The molecular formula is C22H21FN4O2S. The van der Waals surface area contributed by atoms with Gasteiger partial charge in [-0.05, 0) is 43.5 Å². The number of nitrogens with one attached hydrogen (secondary N) is 1. The molecule has 2 aromatic carbocycles. The molecule has 3 aromatic rings. The molecule has 1 fully saturated rings. The number of hydrogen-bond donors (Lipinski definition) is 1. The van der Waals surface area contributed by atoms with E-state index in [1.54, 1.807) is 17.0 Å². The molecule has 0 saturated carbocycles. The van der Waals surface area contributed by atoms with Crippen LogP contribution < -0.4 is 5.32 Å². The van der Waals surface area contributed by atoms with Crippen molar-refractivity contribution in [3.63, 3.8) is 0 Å². The Balaban J connectivity index is 1.37. The number of nitrogens with zero attached hydrogens (tertiary/aromatic N) is 3. The van der Waals surface area contributed by atoms with E-state index in [1.807, 2.05) is 31.2 Å². The molecule has 2 amide bonds. The van der Waals surface area contributed by atoms with Crippen molar-refractivity contribution in [1.29, 1.82) is 0 Å². The SMILES string of the molecule is Cc1ccccc1NC(=O)c1nnc(C2CCN(C(=O)c3ccccc3F)CC2)s1. The fourth-order valence-electron chi connectivity index (χ4n) is 3.51. The monoisotopic (exact) mass is 424 g/mol. The Labute approximate surface area is 177 Å². The van der Waals surface area contributed by atoms with Gasteiger partial charge in [0.05, 0.1) is 5.56 Å². The number of piperidine rings is 1. The summed E-state index contributed by atoms with van der Waals surface area (Å²) in [5.41, 5.74) is 1.82.